The van der Waals surface area contributed by atoms with Crippen molar-refractivity contribution in [1.82, 2.24) is 10.3 Å². The van der Waals surface area contributed by atoms with E-state index in [4.69, 9.17) is 0 Å². The van der Waals surface area contributed by atoms with Crippen LogP contribution in [-0.2, 0) is 6.54 Å². The van der Waals surface area contributed by atoms with Crippen molar-refractivity contribution in [3.8, 4) is 5.75 Å². The van der Waals surface area contributed by atoms with Crippen molar-refractivity contribution in [1.29, 1.82) is 0 Å². The number of thiazole rings is 1. The van der Waals surface area contributed by atoms with Gasteiger partial charge in [-0.05, 0) is 49.2 Å². The highest BCUT2D eigenvalue weighted by molar-refractivity contribution is 7.13. The Morgan fingerprint density at radius 1 is 1.06 bits per heavy atom. The molecule has 12 heteroatoms. The molecule has 3 aromatic rings. The maximum absolute atomic E-state index is 14.4. The van der Waals surface area contributed by atoms with Gasteiger partial charge in [0.1, 0.15) is 10.7 Å². The molecule has 0 unspecified atom stereocenters. The van der Waals surface area contributed by atoms with Crippen LogP contribution in [0, 0.1) is 25.5 Å². The van der Waals surface area contributed by atoms with Crippen molar-refractivity contribution in [2.24, 2.45) is 0 Å². The number of benzene rings is 2. The smallest absolute Gasteiger partial charge is 0.403 e. The van der Waals surface area contributed by atoms with E-state index in [1.54, 1.807) is 13.8 Å². The number of aryl methyl sites for hydroxylation is 2. The molecular formula is C21H16F5N3O3S. The minimum atomic E-state index is -5.05. The van der Waals surface area contributed by atoms with Gasteiger partial charge in [-0.15, -0.1) is 24.5 Å². The fraction of sp³-hybridized carbons (Fsp3) is 0.190. The Hall–Kier alpha value is -3.54. The van der Waals surface area contributed by atoms with E-state index in [0.717, 1.165) is 30.3 Å². The minimum Gasteiger partial charge on any atom is -0.403 e. The number of nitrogens with one attached hydrogen (secondary N) is 2. The number of alkyl halides is 3. The van der Waals surface area contributed by atoms with Gasteiger partial charge in [0.15, 0.2) is 11.6 Å². The number of carbonyl (C=O) groups excluding carboxylic acids is 2. The third kappa shape index (κ3) is 6.25. The lowest BCUT2D eigenvalue weighted by atomic mass is 10.1. The van der Waals surface area contributed by atoms with Gasteiger partial charge in [-0.1, -0.05) is 6.07 Å². The molecule has 174 valence electrons. The second-order valence-electron chi connectivity index (χ2n) is 6.84. The van der Waals surface area contributed by atoms with E-state index in [0.29, 0.717) is 15.4 Å². The molecule has 0 aliphatic heterocycles. The quantitative estimate of drug-likeness (QED) is 0.475. The zero-order chi connectivity index (χ0) is 24.3. The topological polar surface area (TPSA) is 80.3 Å². The van der Waals surface area contributed by atoms with E-state index >= 15 is 0 Å². The van der Waals surface area contributed by atoms with E-state index < -0.39 is 35.6 Å². The monoisotopic (exact) mass is 485 g/mol. The SMILES string of the molecule is Cc1ncc(C(=O)Nc2cc(C(=O)NCc3ccc(OC(F)(F)F)c(F)c3)c(F)cc2C)s1. The van der Waals surface area contributed by atoms with Gasteiger partial charge in [-0.2, -0.15) is 0 Å². The Morgan fingerprint density at radius 3 is 2.39 bits per heavy atom. The molecule has 2 amide bonds. The molecule has 0 aliphatic rings. The van der Waals surface area contributed by atoms with Crippen LogP contribution < -0.4 is 15.4 Å². The molecule has 33 heavy (non-hydrogen) atoms. The van der Waals surface area contributed by atoms with Crippen molar-refractivity contribution in [3.05, 3.63) is 74.7 Å². The van der Waals surface area contributed by atoms with Crippen LogP contribution in [0.15, 0.2) is 36.5 Å². The third-order valence-electron chi connectivity index (χ3n) is 4.33. The molecular weight excluding hydrogens is 469 g/mol. The molecule has 2 N–H and O–H groups in total. The standard InChI is InChI=1S/C21H16F5N3O3S/c1-10-5-14(22)13(7-16(10)29-20(31)18-9-27-11(2)33-18)19(30)28-8-12-3-4-17(15(23)6-12)32-21(24,25)26/h3-7,9H,8H2,1-2H3,(H,28,30)(H,29,31). The lowest BCUT2D eigenvalue weighted by Crippen LogP contribution is -2.24. The van der Waals surface area contributed by atoms with Gasteiger partial charge in [0.05, 0.1) is 16.8 Å². The number of anilines is 1. The summed E-state index contributed by atoms with van der Waals surface area (Å²) in [7, 11) is 0. The van der Waals surface area contributed by atoms with E-state index in [1.165, 1.54) is 17.5 Å². The molecule has 1 heterocycles. The number of amides is 2. The van der Waals surface area contributed by atoms with Crippen molar-refractivity contribution >= 4 is 28.8 Å². The van der Waals surface area contributed by atoms with Crippen LogP contribution in [-0.4, -0.2) is 23.2 Å². The van der Waals surface area contributed by atoms with Gasteiger partial charge in [0, 0.05) is 12.2 Å². The van der Waals surface area contributed by atoms with Crippen LogP contribution in [0.5, 0.6) is 5.75 Å². The van der Waals surface area contributed by atoms with E-state index in [1.807, 2.05) is 0 Å². The van der Waals surface area contributed by atoms with Gasteiger partial charge in [-0.25, -0.2) is 13.8 Å². The summed E-state index contributed by atoms with van der Waals surface area (Å²) in [5, 5.41) is 5.64. The van der Waals surface area contributed by atoms with Gasteiger partial charge in [-0.3, -0.25) is 9.59 Å². The van der Waals surface area contributed by atoms with E-state index in [9.17, 15) is 31.5 Å². The first kappa shape index (κ1) is 24.1. The summed E-state index contributed by atoms with van der Waals surface area (Å²) >= 11 is 1.17. The van der Waals surface area contributed by atoms with Crippen molar-refractivity contribution in [3.63, 3.8) is 0 Å². The maximum Gasteiger partial charge on any atom is 0.573 e. The average Bonchev–Trinajstić information content (AvgIpc) is 3.15. The largest absolute Gasteiger partial charge is 0.573 e. The van der Waals surface area contributed by atoms with Gasteiger partial charge in [0.2, 0.25) is 0 Å². The van der Waals surface area contributed by atoms with E-state index in [2.05, 4.69) is 20.4 Å². The summed E-state index contributed by atoms with van der Waals surface area (Å²) in [6, 6.07) is 4.89. The first-order valence-electron chi connectivity index (χ1n) is 9.29. The number of hydrogen-bond acceptors (Lipinski definition) is 5. The number of halogens is 5. The summed E-state index contributed by atoms with van der Waals surface area (Å²) in [6.07, 6.45) is -3.66. The first-order valence-corrected chi connectivity index (χ1v) is 10.1. The molecule has 0 radical (unpaired) electrons. The minimum absolute atomic E-state index is 0.122. The van der Waals surface area contributed by atoms with Crippen LogP contribution in [0.25, 0.3) is 0 Å². The Bertz CT molecular complexity index is 1210. The zero-order valence-corrected chi connectivity index (χ0v) is 18.0. The fourth-order valence-corrected chi connectivity index (χ4v) is 3.44. The molecule has 0 aliphatic carbocycles. The molecule has 0 bridgehead atoms. The molecule has 0 spiro atoms. The predicted octanol–water partition coefficient (Wildman–Crippen LogP) is 5.12. The van der Waals surface area contributed by atoms with E-state index in [-0.39, 0.29) is 23.4 Å². The maximum atomic E-state index is 14.4. The number of aromatic nitrogens is 1. The second-order valence-corrected chi connectivity index (χ2v) is 8.07. The first-order chi connectivity index (χ1) is 15.4. The van der Waals surface area contributed by atoms with Crippen molar-refractivity contribution in [2.75, 3.05) is 5.32 Å². The molecule has 0 atom stereocenters. The molecule has 1 aromatic heterocycles. The predicted molar refractivity (Wildman–Crippen MR) is 110 cm³/mol. The average molecular weight is 485 g/mol. The highest BCUT2D eigenvalue weighted by Crippen LogP contribution is 2.26. The van der Waals surface area contributed by atoms with Gasteiger partial charge >= 0.3 is 6.36 Å². The van der Waals surface area contributed by atoms with Crippen LogP contribution in [0.3, 0.4) is 0 Å². The van der Waals surface area contributed by atoms with Crippen LogP contribution in [0.4, 0.5) is 27.6 Å². The lowest BCUT2D eigenvalue weighted by molar-refractivity contribution is -0.275. The lowest BCUT2D eigenvalue weighted by Gasteiger charge is -2.13. The number of hydrogen-bond donors (Lipinski definition) is 2. The Morgan fingerprint density at radius 2 is 1.79 bits per heavy atom. The summed E-state index contributed by atoms with van der Waals surface area (Å²) in [5.41, 5.74) is 0.323. The number of nitrogens with zero attached hydrogens (tertiary/aromatic N) is 1. The summed E-state index contributed by atoms with van der Waals surface area (Å²) in [5.74, 6) is -4.48. The van der Waals surface area contributed by atoms with Crippen LogP contribution in [0.2, 0.25) is 0 Å². The van der Waals surface area contributed by atoms with Gasteiger partial charge < -0.3 is 15.4 Å². The van der Waals surface area contributed by atoms with Crippen molar-refractivity contribution in [2.45, 2.75) is 26.8 Å². The normalized spacial score (nSPS) is 11.2. The number of ether oxygens (including phenoxy) is 1. The summed E-state index contributed by atoms with van der Waals surface area (Å²) in [6.45, 7) is 2.98. The molecule has 0 fully saturated rings. The highest BCUT2D eigenvalue weighted by Gasteiger charge is 2.32. The summed E-state index contributed by atoms with van der Waals surface area (Å²) in [4.78, 5) is 29.1. The third-order valence-corrected chi connectivity index (χ3v) is 5.24. The fourth-order valence-electron chi connectivity index (χ4n) is 2.77. The van der Waals surface area contributed by atoms with Crippen LogP contribution >= 0.6 is 11.3 Å². The Labute approximate surface area is 188 Å². The Kier molecular flexibility index (Phi) is 6.96. The number of rotatable bonds is 6. The highest BCUT2D eigenvalue weighted by atomic mass is 32.1. The molecule has 3 rings (SSSR count). The number of carbonyl (C=O) groups is 2. The molecule has 2 aromatic carbocycles. The van der Waals surface area contributed by atoms with Crippen LogP contribution in [0.1, 0.15) is 36.2 Å². The second kappa shape index (κ2) is 9.53. The van der Waals surface area contributed by atoms with Crippen molar-refractivity contribution < 1.29 is 36.3 Å². The molecule has 0 saturated carbocycles. The van der Waals surface area contributed by atoms with Gasteiger partial charge in [0.25, 0.3) is 11.8 Å². The Balaban J connectivity index is 1.71. The zero-order valence-electron chi connectivity index (χ0n) is 17.1. The summed E-state index contributed by atoms with van der Waals surface area (Å²) < 4.78 is 68.4. The molecule has 0 saturated heterocycles. The molecule has 6 nitrogen and oxygen atoms in total.